The summed E-state index contributed by atoms with van der Waals surface area (Å²) in [5.74, 6) is -0.423. The number of hydrogen-bond donors (Lipinski definition) is 2. The Bertz CT molecular complexity index is 695. The van der Waals surface area contributed by atoms with Crippen LogP contribution >= 0.6 is 12.2 Å². The molecule has 2 heterocycles. The van der Waals surface area contributed by atoms with Crippen molar-refractivity contribution in [1.29, 1.82) is 0 Å². The van der Waals surface area contributed by atoms with Crippen molar-refractivity contribution >= 4 is 35.1 Å². The van der Waals surface area contributed by atoms with E-state index < -0.39 is 11.5 Å². The molecule has 0 bridgehead atoms. The van der Waals surface area contributed by atoms with Crippen LogP contribution in [0.5, 0.6) is 0 Å². The lowest BCUT2D eigenvalue weighted by Gasteiger charge is -2.24. The highest BCUT2D eigenvalue weighted by atomic mass is 32.1. The smallest absolute Gasteiger partial charge is 0.338 e. The van der Waals surface area contributed by atoms with Gasteiger partial charge in [-0.05, 0) is 31.4 Å². The zero-order chi connectivity index (χ0) is 16.5. The number of nitrogens with one attached hydrogen (secondary N) is 1. The second-order valence-electron chi connectivity index (χ2n) is 5.69. The third-order valence-corrected chi connectivity index (χ3v) is 4.40. The van der Waals surface area contributed by atoms with Crippen LogP contribution in [0.4, 0.5) is 0 Å². The van der Waals surface area contributed by atoms with Gasteiger partial charge in [0.25, 0.3) is 0 Å². The fraction of sp³-hybridized carbons (Fsp3) is 0.375. The lowest BCUT2D eigenvalue weighted by atomic mass is 9.90. The highest BCUT2D eigenvalue weighted by molar-refractivity contribution is 7.80. The molecule has 1 aromatic rings. The second-order valence-corrected chi connectivity index (χ2v) is 6.09. The molecular weight excluding hydrogens is 298 g/mol. The molecule has 2 rings (SSSR count). The molecule has 1 atom stereocenters. The standard InChI is InChI=1S/C16H19N3O2S/c1-5-6-10-7-11(14(20)21)12(17-8-10)13-18-15(22)16(4,19-13)9(2)3/h5-9H,1-4H3,(H,20,21)(H,18,19,22). The zero-order valence-corrected chi connectivity index (χ0v) is 13.9. The summed E-state index contributed by atoms with van der Waals surface area (Å²) in [4.78, 5) is 21.0. The first-order chi connectivity index (χ1) is 10.3. The number of aliphatic imine (C=N–C) groups is 1. The molecule has 0 radical (unpaired) electrons. The van der Waals surface area contributed by atoms with E-state index in [0.29, 0.717) is 16.5 Å². The lowest BCUT2D eigenvalue weighted by molar-refractivity contribution is 0.0696. The van der Waals surface area contributed by atoms with Gasteiger partial charge in [0.05, 0.1) is 5.56 Å². The maximum absolute atomic E-state index is 11.5. The summed E-state index contributed by atoms with van der Waals surface area (Å²) in [5, 5.41) is 12.5. The normalized spacial score (nSPS) is 21.3. The fourth-order valence-electron chi connectivity index (χ4n) is 2.16. The van der Waals surface area contributed by atoms with E-state index in [1.54, 1.807) is 18.3 Å². The van der Waals surface area contributed by atoms with Gasteiger partial charge in [0, 0.05) is 6.20 Å². The molecule has 0 aliphatic carbocycles. The van der Waals surface area contributed by atoms with Crippen molar-refractivity contribution in [3.63, 3.8) is 0 Å². The van der Waals surface area contributed by atoms with Crippen molar-refractivity contribution in [3.05, 3.63) is 35.2 Å². The van der Waals surface area contributed by atoms with Gasteiger partial charge in [0.2, 0.25) is 0 Å². The maximum atomic E-state index is 11.5. The van der Waals surface area contributed by atoms with Gasteiger partial charge in [-0.2, -0.15) is 0 Å². The van der Waals surface area contributed by atoms with Gasteiger partial charge in [-0.1, -0.05) is 38.2 Å². The molecule has 0 fully saturated rings. The number of aromatic nitrogens is 1. The summed E-state index contributed by atoms with van der Waals surface area (Å²) in [7, 11) is 0. The first kappa shape index (κ1) is 16.3. The Morgan fingerprint density at radius 3 is 2.68 bits per heavy atom. The van der Waals surface area contributed by atoms with E-state index >= 15 is 0 Å². The number of allylic oxidation sites excluding steroid dienone is 1. The van der Waals surface area contributed by atoms with Gasteiger partial charge in [-0.15, -0.1) is 0 Å². The molecule has 2 N–H and O–H groups in total. The Labute approximate surface area is 135 Å². The predicted molar refractivity (Wildman–Crippen MR) is 91.4 cm³/mol. The average Bonchev–Trinajstić information content (AvgIpc) is 2.76. The first-order valence-corrected chi connectivity index (χ1v) is 7.48. The summed E-state index contributed by atoms with van der Waals surface area (Å²) < 4.78 is 0. The van der Waals surface area contributed by atoms with E-state index in [1.807, 2.05) is 33.8 Å². The molecule has 0 spiro atoms. The Morgan fingerprint density at radius 2 is 2.18 bits per heavy atom. The number of thiocarbonyl (C=S) groups is 1. The quantitative estimate of drug-likeness (QED) is 0.835. The molecule has 22 heavy (non-hydrogen) atoms. The summed E-state index contributed by atoms with van der Waals surface area (Å²) in [6.07, 6.45) is 5.26. The summed E-state index contributed by atoms with van der Waals surface area (Å²) in [6, 6.07) is 1.59. The van der Waals surface area contributed by atoms with Gasteiger partial charge in [-0.3, -0.25) is 9.98 Å². The van der Waals surface area contributed by atoms with E-state index in [9.17, 15) is 9.90 Å². The van der Waals surface area contributed by atoms with Crippen molar-refractivity contribution < 1.29 is 9.90 Å². The number of amidine groups is 1. The topological polar surface area (TPSA) is 74.6 Å². The van der Waals surface area contributed by atoms with Crippen molar-refractivity contribution in [3.8, 4) is 0 Å². The largest absolute Gasteiger partial charge is 0.478 e. The number of hydrogen-bond acceptors (Lipinski definition) is 4. The average molecular weight is 317 g/mol. The minimum absolute atomic E-state index is 0.109. The minimum Gasteiger partial charge on any atom is -0.478 e. The fourth-order valence-corrected chi connectivity index (χ4v) is 2.54. The van der Waals surface area contributed by atoms with Crippen LogP contribution in [-0.4, -0.2) is 32.4 Å². The van der Waals surface area contributed by atoms with Crippen LogP contribution in [0.15, 0.2) is 23.3 Å². The molecule has 0 aromatic carbocycles. The van der Waals surface area contributed by atoms with Gasteiger partial charge < -0.3 is 10.4 Å². The summed E-state index contributed by atoms with van der Waals surface area (Å²) in [6.45, 7) is 7.86. The SMILES string of the molecule is CC=Cc1cnc(C2=NC(C)(C(C)C)C(=S)N2)c(C(=O)O)c1. The second kappa shape index (κ2) is 5.96. The minimum atomic E-state index is -1.04. The molecule has 0 amide bonds. The summed E-state index contributed by atoms with van der Waals surface area (Å²) in [5.41, 5.74) is 0.617. The van der Waals surface area contributed by atoms with Crippen LogP contribution in [0.2, 0.25) is 0 Å². The van der Waals surface area contributed by atoms with E-state index in [2.05, 4.69) is 15.3 Å². The van der Waals surface area contributed by atoms with Gasteiger partial charge in [-0.25, -0.2) is 4.79 Å². The Balaban J connectivity index is 2.54. The van der Waals surface area contributed by atoms with Crippen LogP contribution < -0.4 is 5.32 Å². The maximum Gasteiger partial charge on any atom is 0.338 e. The Hall–Kier alpha value is -2.08. The molecule has 5 nitrogen and oxygen atoms in total. The van der Waals surface area contributed by atoms with E-state index in [1.165, 1.54) is 0 Å². The number of aromatic carboxylic acids is 1. The molecule has 0 saturated heterocycles. The van der Waals surface area contributed by atoms with Gasteiger partial charge in [0.1, 0.15) is 16.2 Å². The third-order valence-electron chi connectivity index (χ3n) is 3.88. The Kier molecular flexibility index (Phi) is 4.42. The van der Waals surface area contributed by atoms with Crippen LogP contribution in [-0.2, 0) is 0 Å². The molecular formula is C16H19N3O2S. The number of carbonyl (C=O) groups is 1. The van der Waals surface area contributed by atoms with Crippen LogP contribution in [0.3, 0.4) is 0 Å². The molecule has 1 aliphatic heterocycles. The number of carboxylic acids is 1. The van der Waals surface area contributed by atoms with E-state index in [4.69, 9.17) is 12.2 Å². The predicted octanol–water partition coefficient (Wildman–Crippen LogP) is 2.90. The zero-order valence-electron chi connectivity index (χ0n) is 13.0. The lowest BCUT2D eigenvalue weighted by Crippen LogP contribution is -2.40. The third kappa shape index (κ3) is 2.78. The van der Waals surface area contributed by atoms with Crippen molar-refractivity contribution in [2.45, 2.75) is 33.2 Å². The van der Waals surface area contributed by atoms with Crippen LogP contribution in [0.1, 0.15) is 49.3 Å². The van der Waals surface area contributed by atoms with Crippen LogP contribution in [0.25, 0.3) is 6.08 Å². The number of rotatable bonds is 4. The molecule has 1 aromatic heterocycles. The van der Waals surface area contributed by atoms with E-state index in [-0.39, 0.29) is 11.5 Å². The first-order valence-electron chi connectivity index (χ1n) is 7.07. The highest BCUT2D eigenvalue weighted by Gasteiger charge is 2.39. The highest BCUT2D eigenvalue weighted by Crippen LogP contribution is 2.28. The van der Waals surface area contributed by atoms with Crippen molar-refractivity contribution in [1.82, 2.24) is 10.3 Å². The van der Waals surface area contributed by atoms with Gasteiger partial charge in [0.15, 0.2) is 5.84 Å². The molecule has 1 aliphatic rings. The van der Waals surface area contributed by atoms with Crippen LogP contribution in [0, 0.1) is 5.92 Å². The number of carboxylic acid groups (broad SMARTS) is 1. The summed E-state index contributed by atoms with van der Waals surface area (Å²) >= 11 is 5.37. The molecule has 0 saturated carbocycles. The van der Waals surface area contributed by atoms with Crippen molar-refractivity contribution in [2.75, 3.05) is 0 Å². The molecule has 1 unspecified atom stereocenters. The van der Waals surface area contributed by atoms with E-state index in [0.717, 1.165) is 5.56 Å². The van der Waals surface area contributed by atoms with Gasteiger partial charge >= 0.3 is 5.97 Å². The monoisotopic (exact) mass is 317 g/mol. The van der Waals surface area contributed by atoms with Crippen molar-refractivity contribution in [2.24, 2.45) is 10.9 Å². The number of pyridine rings is 1. The molecule has 116 valence electrons. The Morgan fingerprint density at radius 1 is 1.50 bits per heavy atom. The number of nitrogens with zero attached hydrogens (tertiary/aromatic N) is 2. The molecule has 6 heteroatoms.